The maximum atomic E-state index is 13.1. The molecule has 1 heterocycles. The molecule has 0 saturated heterocycles. The van der Waals surface area contributed by atoms with Crippen LogP contribution in [0.25, 0.3) is 0 Å². The molecular formula is C10H10FN3O4S2. The maximum absolute atomic E-state index is 13.1. The summed E-state index contributed by atoms with van der Waals surface area (Å²) in [5.41, 5.74) is -0.374. The Hall–Kier alpha value is -1.94. The zero-order chi connectivity index (χ0) is 15.0. The molecule has 2 rings (SSSR count). The van der Waals surface area contributed by atoms with Crippen LogP contribution in [-0.4, -0.2) is 26.4 Å². The van der Waals surface area contributed by atoms with Gasteiger partial charge in [0.25, 0.3) is 10.0 Å². The zero-order valence-electron chi connectivity index (χ0n) is 10.2. The third-order valence-corrected chi connectivity index (χ3v) is 4.48. The van der Waals surface area contributed by atoms with E-state index >= 15 is 0 Å². The van der Waals surface area contributed by atoms with Crippen LogP contribution in [0, 0.1) is 0 Å². The third-order valence-electron chi connectivity index (χ3n) is 2.35. The summed E-state index contributed by atoms with van der Waals surface area (Å²) in [7, 11) is -7.55. The molecular weight excluding hydrogens is 309 g/mol. The van der Waals surface area contributed by atoms with Gasteiger partial charge in [0, 0.05) is 13.2 Å². The van der Waals surface area contributed by atoms with Gasteiger partial charge in [-0.2, -0.15) is 16.8 Å². The molecule has 0 aliphatic heterocycles. The van der Waals surface area contributed by atoms with E-state index in [-0.39, 0.29) is 10.7 Å². The number of sulfonamides is 1. The molecule has 10 heteroatoms. The number of anilines is 1. The standard InChI is InChI=1S/C10H10FN3O4S2/c1-14-6-10(12-7-14)20(17,18)13-8-4-2-3-5-9(8)19(11,15)16/h2-7,13H,1H3. The highest BCUT2D eigenvalue weighted by Gasteiger charge is 2.23. The Kier molecular flexibility index (Phi) is 3.52. The largest absolute Gasteiger partial charge is 0.339 e. The number of rotatable bonds is 4. The van der Waals surface area contributed by atoms with Crippen molar-refractivity contribution in [2.45, 2.75) is 9.92 Å². The van der Waals surface area contributed by atoms with E-state index < -0.39 is 25.1 Å². The number of para-hydroxylation sites is 1. The van der Waals surface area contributed by atoms with E-state index in [1.54, 1.807) is 7.05 Å². The highest BCUT2D eigenvalue weighted by molar-refractivity contribution is 7.92. The summed E-state index contributed by atoms with van der Waals surface area (Å²) in [5.74, 6) is 0. The minimum absolute atomic E-state index is 0.300. The molecule has 1 aromatic heterocycles. The highest BCUT2D eigenvalue weighted by atomic mass is 32.3. The van der Waals surface area contributed by atoms with Crippen LogP contribution in [0.1, 0.15) is 0 Å². The van der Waals surface area contributed by atoms with Crippen molar-refractivity contribution < 1.29 is 20.7 Å². The van der Waals surface area contributed by atoms with Gasteiger partial charge in [-0.05, 0) is 12.1 Å². The number of imidazole rings is 1. The second-order valence-electron chi connectivity index (χ2n) is 3.92. The third kappa shape index (κ3) is 2.96. The fourth-order valence-corrected chi connectivity index (χ4v) is 3.24. The number of hydrogen-bond donors (Lipinski definition) is 1. The van der Waals surface area contributed by atoms with Crippen molar-refractivity contribution in [2.24, 2.45) is 7.05 Å². The van der Waals surface area contributed by atoms with Crippen molar-refractivity contribution in [3.63, 3.8) is 0 Å². The molecule has 0 bridgehead atoms. The van der Waals surface area contributed by atoms with Crippen molar-refractivity contribution >= 4 is 25.9 Å². The van der Waals surface area contributed by atoms with Gasteiger partial charge in [-0.1, -0.05) is 12.1 Å². The van der Waals surface area contributed by atoms with Gasteiger partial charge in [0.2, 0.25) is 0 Å². The SMILES string of the molecule is Cn1cnc(S(=O)(=O)Nc2ccccc2S(=O)(=O)F)c1. The van der Waals surface area contributed by atoms with E-state index in [2.05, 4.69) is 4.98 Å². The smallest absolute Gasteiger partial charge is 0.334 e. The van der Waals surface area contributed by atoms with Crippen LogP contribution >= 0.6 is 0 Å². The summed E-state index contributed by atoms with van der Waals surface area (Å²) in [6.07, 6.45) is 2.50. The van der Waals surface area contributed by atoms with Crippen LogP contribution < -0.4 is 4.72 Å². The Morgan fingerprint density at radius 3 is 2.40 bits per heavy atom. The second-order valence-corrected chi connectivity index (χ2v) is 6.86. The van der Waals surface area contributed by atoms with Crippen LogP contribution in [0.4, 0.5) is 9.57 Å². The quantitative estimate of drug-likeness (QED) is 0.844. The van der Waals surface area contributed by atoms with Gasteiger partial charge in [-0.25, -0.2) is 4.98 Å². The second kappa shape index (κ2) is 4.87. The van der Waals surface area contributed by atoms with Gasteiger partial charge in [0.1, 0.15) is 4.90 Å². The Balaban J connectivity index is 2.46. The number of aromatic nitrogens is 2. The van der Waals surface area contributed by atoms with E-state index in [0.717, 1.165) is 12.1 Å². The summed E-state index contributed by atoms with van der Waals surface area (Å²) in [5, 5.41) is -0.300. The fraction of sp³-hybridized carbons (Fsp3) is 0.100. The van der Waals surface area contributed by atoms with Crippen molar-refractivity contribution in [1.29, 1.82) is 0 Å². The van der Waals surface area contributed by atoms with E-state index in [0.29, 0.717) is 0 Å². The van der Waals surface area contributed by atoms with Crippen molar-refractivity contribution in [3.8, 4) is 0 Å². The predicted molar refractivity (Wildman–Crippen MR) is 68.8 cm³/mol. The lowest BCUT2D eigenvalue weighted by Gasteiger charge is -2.08. The predicted octanol–water partition coefficient (Wildman–Crippen LogP) is 0.879. The van der Waals surface area contributed by atoms with E-state index in [9.17, 15) is 20.7 Å². The maximum Gasteiger partial charge on any atom is 0.334 e. The normalized spacial score (nSPS) is 12.3. The van der Waals surface area contributed by atoms with E-state index in [1.165, 1.54) is 29.2 Å². The molecule has 0 atom stereocenters. The topological polar surface area (TPSA) is 98.1 Å². The molecule has 1 aromatic carbocycles. The van der Waals surface area contributed by atoms with Crippen molar-refractivity contribution in [1.82, 2.24) is 9.55 Å². The average molecular weight is 319 g/mol. The Labute approximate surface area is 115 Å². The van der Waals surface area contributed by atoms with Crippen LogP contribution in [0.2, 0.25) is 0 Å². The van der Waals surface area contributed by atoms with Crippen LogP contribution in [-0.2, 0) is 27.3 Å². The molecule has 0 aliphatic rings. The first-order valence-electron chi connectivity index (χ1n) is 5.24. The van der Waals surface area contributed by atoms with Crippen molar-refractivity contribution in [3.05, 3.63) is 36.8 Å². The molecule has 0 spiro atoms. The molecule has 0 amide bonds. The molecule has 0 aliphatic carbocycles. The molecule has 2 aromatic rings. The Bertz CT molecular complexity index is 843. The molecule has 0 unspecified atom stereocenters. The van der Waals surface area contributed by atoms with Gasteiger partial charge < -0.3 is 4.57 Å². The van der Waals surface area contributed by atoms with Gasteiger partial charge in [0.15, 0.2) is 5.03 Å². The van der Waals surface area contributed by atoms with E-state index in [1.807, 2.05) is 4.72 Å². The van der Waals surface area contributed by atoms with Gasteiger partial charge in [0.05, 0.1) is 12.0 Å². The summed E-state index contributed by atoms with van der Waals surface area (Å²) in [6.45, 7) is 0. The first-order valence-corrected chi connectivity index (χ1v) is 8.11. The molecule has 7 nitrogen and oxygen atoms in total. The molecule has 0 fully saturated rings. The van der Waals surface area contributed by atoms with E-state index in [4.69, 9.17) is 0 Å². The highest BCUT2D eigenvalue weighted by Crippen LogP contribution is 2.24. The fourth-order valence-electron chi connectivity index (χ4n) is 1.49. The molecule has 108 valence electrons. The number of nitrogens with one attached hydrogen (secondary N) is 1. The number of hydrogen-bond acceptors (Lipinski definition) is 5. The molecule has 0 radical (unpaired) electrons. The summed E-state index contributed by atoms with van der Waals surface area (Å²) < 4.78 is 62.4. The lowest BCUT2D eigenvalue weighted by atomic mass is 10.3. The van der Waals surface area contributed by atoms with Crippen molar-refractivity contribution in [2.75, 3.05) is 4.72 Å². The van der Waals surface area contributed by atoms with Crippen LogP contribution in [0.15, 0.2) is 46.7 Å². The first-order chi connectivity index (χ1) is 9.20. The summed E-state index contributed by atoms with van der Waals surface area (Å²) in [6, 6.07) is 4.77. The average Bonchev–Trinajstić information content (AvgIpc) is 2.75. The Morgan fingerprint density at radius 1 is 1.20 bits per heavy atom. The molecule has 20 heavy (non-hydrogen) atoms. The summed E-state index contributed by atoms with van der Waals surface area (Å²) in [4.78, 5) is 2.89. The van der Waals surface area contributed by atoms with Crippen LogP contribution in [0.3, 0.4) is 0 Å². The minimum Gasteiger partial charge on any atom is -0.339 e. The molecule has 1 N–H and O–H groups in total. The number of benzene rings is 1. The van der Waals surface area contributed by atoms with Gasteiger partial charge in [-0.3, -0.25) is 4.72 Å². The number of nitrogens with zero attached hydrogens (tertiary/aromatic N) is 2. The number of aryl methyl sites for hydroxylation is 1. The van der Waals surface area contributed by atoms with Crippen LogP contribution in [0.5, 0.6) is 0 Å². The first kappa shape index (κ1) is 14.5. The Morgan fingerprint density at radius 2 is 1.85 bits per heavy atom. The summed E-state index contributed by atoms with van der Waals surface area (Å²) >= 11 is 0. The van der Waals surface area contributed by atoms with Gasteiger partial charge in [-0.15, -0.1) is 3.89 Å². The monoisotopic (exact) mass is 319 g/mol. The minimum atomic E-state index is -5.04. The molecule has 0 saturated carbocycles. The lowest BCUT2D eigenvalue weighted by Crippen LogP contribution is -2.15. The zero-order valence-corrected chi connectivity index (χ0v) is 11.8. The van der Waals surface area contributed by atoms with Gasteiger partial charge >= 0.3 is 10.2 Å². The number of halogens is 1. The lowest BCUT2D eigenvalue weighted by molar-refractivity contribution is 0.552.